The molecule has 4 aromatic carbocycles. The zero-order valence-electron chi connectivity index (χ0n) is 26.4. The number of ketones is 2. The normalized spacial score (nSPS) is 17.0. The van der Waals surface area contributed by atoms with Crippen molar-refractivity contribution in [3.05, 3.63) is 128 Å². The molecule has 1 heterocycles. The minimum atomic E-state index is -0.428. The van der Waals surface area contributed by atoms with Crippen molar-refractivity contribution in [3.8, 4) is 11.5 Å². The third kappa shape index (κ3) is 5.57. The number of Topliss-reactive ketones (excluding diaryl/α,β-unsaturated/α-hetero) is 2. The maximum Gasteiger partial charge on any atom is 0.175 e. The van der Waals surface area contributed by atoms with Gasteiger partial charge in [-0.05, 0) is 95.1 Å². The van der Waals surface area contributed by atoms with Gasteiger partial charge in [0.25, 0.3) is 0 Å². The van der Waals surface area contributed by atoms with Gasteiger partial charge in [0.1, 0.15) is 6.61 Å². The van der Waals surface area contributed by atoms with Gasteiger partial charge >= 0.3 is 0 Å². The Morgan fingerprint density at radius 3 is 2.17 bits per heavy atom. The molecule has 1 aliphatic heterocycles. The molecule has 234 valence electrons. The molecule has 0 bridgehead atoms. The molecule has 3 aliphatic rings. The molecule has 2 aliphatic carbocycles. The monoisotopic (exact) mass is 675 g/mol. The Morgan fingerprint density at radius 1 is 0.804 bits per heavy atom. The van der Waals surface area contributed by atoms with E-state index in [-0.39, 0.29) is 11.6 Å². The molecule has 4 aromatic rings. The molecule has 0 fully saturated rings. The van der Waals surface area contributed by atoms with E-state index in [1.54, 1.807) is 0 Å². The van der Waals surface area contributed by atoms with Gasteiger partial charge in [-0.25, -0.2) is 0 Å². The van der Waals surface area contributed by atoms with E-state index in [4.69, 9.17) is 9.47 Å². The van der Waals surface area contributed by atoms with Crippen molar-refractivity contribution in [1.82, 2.24) is 4.90 Å². The molecule has 6 heteroatoms. The average molecular weight is 677 g/mol. The third-order valence-corrected chi connectivity index (χ3v) is 10.2. The lowest BCUT2D eigenvalue weighted by Crippen LogP contribution is -2.38. The van der Waals surface area contributed by atoms with Crippen LogP contribution in [0, 0.1) is 6.92 Å². The first-order valence-corrected chi connectivity index (χ1v) is 17.1. The van der Waals surface area contributed by atoms with E-state index in [2.05, 4.69) is 70.2 Å². The van der Waals surface area contributed by atoms with Gasteiger partial charge in [-0.3, -0.25) is 9.59 Å². The van der Waals surface area contributed by atoms with Crippen molar-refractivity contribution in [2.24, 2.45) is 0 Å². The predicted molar refractivity (Wildman–Crippen MR) is 185 cm³/mol. The Bertz CT molecular complexity index is 1860. The van der Waals surface area contributed by atoms with Crippen LogP contribution in [0.4, 0.5) is 0 Å². The Kier molecular flexibility index (Phi) is 8.56. The molecule has 5 nitrogen and oxygen atoms in total. The van der Waals surface area contributed by atoms with Crippen molar-refractivity contribution in [1.29, 1.82) is 0 Å². The van der Waals surface area contributed by atoms with Crippen LogP contribution in [0.1, 0.15) is 73.6 Å². The molecular formula is C40H38BrNO4. The maximum atomic E-state index is 13.9. The summed E-state index contributed by atoms with van der Waals surface area (Å²) in [4.78, 5) is 30.0. The zero-order valence-corrected chi connectivity index (χ0v) is 28.0. The highest BCUT2D eigenvalue weighted by Crippen LogP contribution is 2.51. The van der Waals surface area contributed by atoms with Gasteiger partial charge in [-0.1, -0.05) is 66.7 Å². The first kappa shape index (κ1) is 30.5. The lowest BCUT2D eigenvalue weighted by atomic mass is 9.71. The minimum Gasteiger partial charge on any atom is -0.490 e. The number of fused-ring (bicyclic) bond motifs is 1. The highest BCUT2D eigenvalue weighted by atomic mass is 79.9. The van der Waals surface area contributed by atoms with Crippen molar-refractivity contribution in [3.63, 3.8) is 0 Å². The standard InChI is InChI=1S/C40H38BrNO4/c1-3-45-36-22-28(21-31(41)40(36)46-24-30-25(2)19-20-27-13-7-8-14-29(27)30)37-38-32(15-9-17-34(38)43)42(23-26-11-5-4-6-12-26)33-16-10-18-35(44)39(33)37/h4-8,11-14,19-22,37H,3,9-10,15-18,23-24H2,1-2H3. The zero-order chi connectivity index (χ0) is 31.8. The number of halogens is 1. The SMILES string of the molecule is CCOc1cc(C2C3=C(CCCC3=O)N(Cc3ccccc3)C3=C2C(=O)CCC3)cc(Br)c1OCc1c(C)ccc2ccccc12. The van der Waals surface area contributed by atoms with E-state index in [0.717, 1.165) is 69.4 Å². The fraction of sp³-hybridized carbons (Fsp3) is 0.300. The first-order valence-electron chi connectivity index (χ1n) is 16.3. The van der Waals surface area contributed by atoms with Crippen LogP contribution in [0.2, 0.25) is 0 Å². The van der Waals surface area contributed by atoms with Crippen LogP contribution in [-0.2, 0) is 22.7 Å². The lowest BCUT2D eigenvalue weighted by molar-refractivity contribution is -0.117. The number of carbonyl (C=O) groups is 2. The van der Waals surface area contributed by atoms with E-state index < -0.39 is 5.92 Å². The molecule has 0 unspecified atom stereocenters. The second kappa shape index (κ2) is 12.9. The van der Waals surface area contributed by atoms with Gasteiger partial charge in [0, 0.05) is 53.4 Å². The second-order valence-electron chi connectivity index (χ2n) is 12.4. The van der Waals surface area contributed by atoms with E-state index in [1.807, 2.05) is 43.3 Å². The Balaban J connectivity index is 1.32. The largest absolute Gasteiger partial charge is 0.490 e. The molecule has 7 rings (SSSR count). The number of aryl methyl sites for hydroxylation is 1. The van der Waals surface area contributed by atoms with Crippen molar-refractivity contribution in [2.45, 2.75) is 71.4 Å². The number of allylic oxidation sites excluding steroid dienone is 4. The molecule has 0 aromatic heterocycles. The molecule has 46 heavy (non-hydrogen) atoms. The molecular weight excluding hydrogens is 638 g/mol. The van der Waals surface area contributed by atoms with Crippen molar-refractivity contribution < 1.29 is 19.1 Å². The second-order valence-corrected chi connectivity index (χ2v) is 13.3. The summed E-state index contributed by atoms with van der Waals surface area (Å²) in [5.74, 6) is 1.06. The summed E-state index contributed by atoms with van der Waals surface area (Å²) in [6, 6.07) is 27.0. The smallest absolute Gasteiger partial charge is 0.175 e. The average Bonchev–Trinajstić information content (AvgIpc) is 3.06. The number of ether oxygens (including phenoxy) is 2. The Labute approximate surface area is 279 Å². The summed E-state index contributed by atoms with van der Waals surface area (Å²) in [7, 11) is 0. The molecule has 0 N–H and O–H groups in total. The van der Waals surface area contributed by atoms with E-state index in [9.17, 15) is 9.59 Å². The topological polar surface area (TPSA) is 55.8 Å². The van der Waals surface area contributed by atoms with Crippen LogP contribution in [0.5, 0.6) is 11.5 Å². The van der Waals surface area contributed by atoms with Crippen LogP contribution in [0.15, 0.2) is 106 Å². The van der Waals surface area contributed by atoms with E-state index in [0.29, 0.717) is 44.1 Å². The summed E-state index contributed by atoms with van der Waals surface area (Å²) in [6.07, 6.45) is 4.27. The number of hydrogen-bond donors (Lipinski definition) is 0. The first-order chi connectivity index (χ1) is 22.4. The number of benzene rings is 4. The highest BCUT2D eigenvalue weighted by molar-refractivity contribution is 9.10. The summed E-state index contributed by atoms with van der Waals surface area (Å²) >= 11 is 3.82. The van der Waals surface area contributed by atoms with Crippen LogP contribution in [0.3, 0.4) is 0 Å². The van der Waals surface area contributed by atoms with Gasteiger partial charge in [-0.2, -0.15) is 0 Å². The highest BCUT2D eigenvalue weighted by Gasteiger charge is 2.43. The molecule has 0 saturated heterocycles. The molecule has 0 saturated carbocycles. The quantitative estimate of drug-likeness (QED) is 0.186. The van der Waals surface area contributed by atoms with Gasteiger partial charge in [0.05, 0.1) is 11.1 Å². The van der Waals surface area contributed by atoms with Gasteiger partial charge in [-0.15, -0.1) is 0 Å². The molecule has 0 atom stereocenters. The maximum absolute atomic E-state index is 13.9. The van der Waals surface area contributed by atoms with Crippen LogP contribution in [0.25, 0.3) is 10.8 Å². The Morgan fingerprint density at radius 2 is 1.48 bits per heavy atom. The summed E-state index contributed by atoms with van der Waals surface area (Å²) in [6.45, 7) is 5.55. The van der Waals surface area contributed by atoms with Crippen molar-refractivity contribution in [2.75, 3.05) is 6.61 Å². The van der Waals surface area contributed by atoms with Crippen molar-refractivity contribution >= 4 is 38.3 Å². The fourth-order valence-electron chi connectivity index (χ4n) is 7.45. The lowest BCUT2D eigenvalue weighted by Gasteiger charge is -2.44. The van der Waals surface area contributed by atoms with Gasteiger partial charge in [0.15, 0.2) is 23.1 Å². The number of nitrogens with zero attached hydrogens (tertiary/aromatic N) is 1. The van der Waals surface area contributed by atoms with Gasteiger partial charge in [0.2, 0.25) is 0 Å². The fourth-order valence-corrected chi connectivity index (χ4v) is 8.02. The van der Waals surface area contributed by atoms with Gasteiger partial charge < -0.3 is 14.4 Å². The third-order valence-electron chi connectivity index (χ3n) is 9.57. The summed E-state index contributed by atoms with van der Waals surface area (Å²) in [5, 5.41) is 2.34. The minimum absolute atomic E-state index is 0.134. The predicted octanol–water partition coefficient (Wildman–Crippen LogP) is 9.50. The Hall–Kier alpha value is -4.16. The summed E-state index contributed by atoms with van der Waals surface area (Å²) in [5.41, 5.74) is 8.02. The van der Waals surface area contributed by atoms with E-state index in [1.165, 1.54) is 16.3 Å². The summed E-state index contributed by atoms with van der Waals surface area (Å²) < 4.78 is 13.5. The molecule has 0 amide bonds. The van der Waals surface area contributed by atoms with Crippen LogP contribution >= 0.6 is 15.9 Å². The number of hydrogen-bond acceptors (Lipinski definition) is 5. The van der Waals surface area contributed by atoms with Crippen LogP contribution < -0.4 is 9.47 Å². The molecule has 0 radical (unpaired) electrons. The molecule has 0 spiro atoms. The van der Waals surface area contributed by atoms with E-state index >= 15 is 0 Å². The number of rotatable bonds is 8. The number of carbonyl (C=O) groups excluding carboxylic acids is 2. The van der Waals surface area contributed by atoms with Crippen LogP contribution in [-0.4, -0.2) is 23.1 Å².